The summed E-state index contributed by atoms with van der Waals surface area (Å²) in [7, 11) is 0. The van der Waals surface area contributed by atoms with Crippen molar-refractivity contribution in [3.63, 3.8) is 0 Å². The third-order valence-corrected chi connectivity index (χ3v) is 2.27. The highest BCUT2D eigenvalue weighted by atomic mass is 127. The quantitative estimate of drug-likeness (QED) is 0.662. The minimum absolute atomic E-state index is 0.383. The molecule has 0 amide bonds. The predicted octanol–water partition coefficient (Wildman–Crippen LogP) is 1.81. The average Bonchev–Trinajstić information content (AvgIpc) is 2.79. The molecule has 0 aromatic carbocycles. The Bertz CT molecular complexity index is 299. The van der Waals surface area contributed by atoms with Crippen LogP contribution in [0.2, 0.25) is 0 Å². The highest BCUT2D eigenvalue weighted by molar-refractivity contribution is 14.1. The number of hydrogen-bond acceptors (Lipinski definition) is 3. The molecule has 0 aliphatic heterocycles. The zero-order valence-electron chi connectivity index (χ0n) is 6.46. The molecule has 12 heavy (non-hydrogen) atoms. The van der Waals surface area contributed by atoms with E-state index in [-0.39, 0.29) is 0 Å². The maximum Gasteiger partial charge on any atom is 0.160 e. The molecule has 3 nitrogen and oxygen atoms in total. The number of pyridine rings is 1. The first-order valence-electron chi connectivity index (χ1n) is 3.83. The summed E-state index contributed by atoms with van der Waals surface area (Å²) in [6.45, 7) is 0. The second kappa shape index (κ2) is 3.08. The van der Waals surface area contributed by atoms with Crippen LogP contribution in [0.4, 0.5) is 5.69 Å². The molecule has 1 aliphatic rings. The van der Waals surface area contributed by atoms with E-state index in [4.69, 9.17) is 10.5 Å². The van der Waals surface area contributed by atoms with Crippen LogP contribution in [0.5, 0.6) is 5.75 Å². The molecule has 1 aromatic rings. The van der Waals surface area contributed by atoms with Crippen LogP contribution in [0.15, 0.2) is 12.3 Å². The molecule has 1 fully saturated rings. The second-order valence-electron chi connectivity index (χ2n) is 2.86. The first kappa shape index (κ1) is 8.10. The summed E-state index contributed by atoms with van der Waals surface area (Å²) < 4.78 is 6.42. The standard InChI is InChI=1S/C8H9IN2O/c9-8-3-6(10)7(4-11-8)12-5-1-2-5/h3-5H,1-2H2,(H2,10,11). The van der Waals surface area contributed by atoms with Gasteiger partial charge in [-0.3, -0.25) is 0 Å². The van der Waals surface area contributed by atoms with Crippen molar-refractivity contribution >= 4 is 28.3 Å². The Balaban J connectivity index is 2.18. The molecular weight excluding hydrogens is 267 g/mol. The second-order valence-corrected chi connectivity index (χ2v) is 3.97. The largest absolute Gasteiger partial charge is 0.487 e. The lowest BCUT2D eigenvalue weighted by Crippen LogP contribution is -2.00. The topological polar surface area (TPSA) is 48.1 Å². The maximum absolute atomic E-state index is 5.73. The Morgan fingerprint density at radius 1 is 1.58 bits per heavy atom. The number of nitrogen functional groups attached to an aromatic ring is 1. The number of nitrogens with zero attached hydrogens (tertiary/aromatic N) is 1. The van der Waals surface area contributed by atoms with Crippen LogP contribution in [0.3, 0.4) is 0 Å². The van der Waals surface area contributed by atoms with Gasteiger partial charge in [0.1, 0.15) is 3.70 Å². The fourth-order valence-corrected chi connectivity index (χ4v) is 1.37. The van der Waals surface area contributed by atoms with E-state index < -0.39 is 0 Å². The molecule has 1 aliphatic carbocycles. The van der Waals surface area contributed by atoms with Gasteiger partial charge < -0.3 is 10.5 Å². The van der Waals surface area contributed by atoms with Gasteiger partial charge >= 0.3 is 0 Å². The van der Waals surface area contributed by atoms with Crippen molar-refractivity contribution in [1.29, 1.82) is 0 Å². The molecule has 0 atom stereocenters. The summed E-state index contributed by atoms with van der Waals surface area (Å²) in [5, 5.41) is 0. The van der Waals surface area contributed by atoms with Gasteiger partial charge in [-0.15, -0.1) is 0 Å². The molecule has 1 aromatic heterocycles. The number of halogens is 1. The fourth-order valence-electron chi connectivity index (χ4n) is 0.895. The van der Waals surface area contributed by atoms with Crippen LogP contribution in [0.1, 0.15) is 12.8 Å². The summed E-state index contributed by atoms with van der Waals surface area (Å²) in [6, 6.07) is 1.82. The molecule has 2 N–H and O–H groups in total. The lowest BCUT2D eigenvalue weighted by molar-refractivity contribution is 0.303. The van der Waals surface area contributed by atoms with Gasteiger partial charge in [0.25, 0.3) is 0 Å². The molecule has 4 heteroatoms. The van der Waals surface area contributed by atoms with Crippen LogP contribution < -0.4 is 10.5 Å². The summed E-state index contributed by atoms with van der Waals surface area (Å²) in [5.41, 5.74) is 6.41. The van der Waals surface area contributed by atoms with Gasteiger partial charge in [-0.2, -0.15) is 0 Å². The third kappa shape index (κ3) is 1.80. The Labute approximate surface area is 84.5 Å². The normalized spacial score (nSPS) is 16.1. The molecule has 1 saturated carbocycles. The Kier molecular flexibility index (Phi) is 2.08. The van der Waals surface area contributed by atoms with Gasteiger partial charge in [0, 0.05) is 0 Å². The van der Waals surface area contributed by atoms with E-state index >= 15 is 0 Å². The van der Waals surface area contributed by atoms with Crippen molar-refractivity contribution in [3.8, 4) is 5.75 Å². The van der Waals surface area contributed by atoms with Crippen LogP contribution >= 0.6 is 22.6 Å². The number of rotatable bonds is 2. The van der Waals surface area contributed by atoms with Crippen molar-refractivity contribution in [2.24, 2.45) is 0 Å². The van der Waals surface area contributed by atoms with Crippen LogP contribution in [-0.4, -0.2) is 11.1 Å². The van der Waals surface area contributed by atoms with Crippen LogP contribution in [0, 0.1) is 3.70 Å². The molecule has 0 bridgehead atoms. The number of ether oxygens (including phenoxy) is 1. The molecule has 0 saturated heterocycles. The zero-order chi connectivity index (χ0) is 8.55. The predicted molar refractivity (Wildman–Crippen MR) is 55.0 cm³/mol. The minimum Gasteiger partial charge on any atom is -0.487 e. The summed E-state index contributed by atoms with van der Waals surface area (Å²) in [6.07, 6.45) is 4.36. The maximum atomic E-state index is 5.73. The molecule has 0 unspecified atom stereocenters. The summed E-state index contributed by atoms with van der Waals surface area (Å²) in [4.78, 5) is 4.10. The van der Waals surface area contributed by atoms with Gasteiger partial charge in [-0.05, 0) is 41.5 Å². The van der Waals surface area contributed by atoms with E-state index in [1.165, 1.54) is 0 Å². The van der Waals surface area contributed by atoms with Gasteiger partial charge in [-0.25, -0.2) is 4.98 Å². The highest BCUT2D eigenvalue weighted by Crippen LogP contribution is 2.30. The molecule has 2 rings (SSSR count). The van der Waals surface area contributed by atoms with Crippen molar-refractivity contribution in [2.75, 3.05) is 5.73 Å². The third-order valence-electron chi connectivity index (χ3n) is 1.68. The van der Waals surface area contributed by atoms with Gasteiger partial charge in [0.15, 0.2) is 5.75 Å². The summed E-state index contributed by atoms with van der Waals surface area (Å²) in [5.74, 6) is 0.720. The van der Waals surface area contributed by atoms with Crippen molar-refractivity contribution in [2.45, 2.75) is 18.9 Å². The van der Waals surface area contributed by atoms with Gasteiger partial charge in [-0.1, -0.05) is 0 Å². The van der Waals surface area contributed by atoms with E-state index in [9.17, 15) is 0 Å². The fraction of sp³-hybridized carbons (Fsp3) is 0.375. The molecule has 1 heterocycles. The molecule has 0 spiro atoms. The Hall–Kier alpha value is -0.520. The first-order chi connectivity index (χ1) is 5.75. The SMILES string of the molecule is Nc1cc(I)ncc1OC1CC1. The lowest BCUT2D eigenvalue weighted by atomic mass is 10.4. The van der Waals surface area contributed by atoms with E-state index in [2.05, 4.69) is 27.6 Å². The van der Waals surface area contributed by atoms with E-state index in [0.717, 1.165) is 22.3 Å². The number of hydrogen-bond donors (Lipinski definition) is 1. The number of nitrogens with two attached hydrogens (primary N) is 1. The lowest BCUT2D eigenvalue weighted by Gasteiger charge is -2.06. The van der Waals surface area contributed by atoms with Crippen LogP contribution in [-0.2, 0) is 0 Å². The number of anilines is 1. The number of aromatic nitrogens is 1. The summed E-state index contributed by atoms with van der Waals surface area (Å²) >= 11 is 2.12. The zero-order valence-corrected chi connectivity index (χ0v) is 8.61. The Morgan fingerprint density at radius 3 is 2.92 bits per heavy atom. The van der Waals surface area contributed by atoms with Crippen molar-refractivity contribution in [1.82, 2.24) is 4.98 Å². The molecular formula is C8H9IN2O. The van der Waals surface area contributed by atoms with E-state index in [1.54, 1.807) is 6.20 Å². The van der Waals surface area contributed by atoms with Crippen molar-refractivity contribution < 1.29 is 4.74 Å². The van der Waals surface area contributed by atoms with Crippen molar-refractivity contribution in [3.05, 3.63) is 16.0 Å². The molecule has 64 valence electrons. The average molecular weight is 276 g/mol. The van der Waals surface area contributed by atoms with E-state index in [0.29, 0.717) is 11.8 Å². The van der Waals surface area contributed by atoms with Gasteiger partial charge in [0.05, 0.1) is 18.0 Å². The smallest absolute Gasteiger partial charge is 0.160 e. The Morgan fingerprint density at radius 2 is 2.33 bits per heavy atom. The van der Waals surface area contributed by atoms with Crippen LogP contribution in [0.25, 0.3) is 0 Å². The van der Waals surface area contributed by atoms with E-state index in [1.807, 2.05) is 6.07 Å². The minimum atomic E-state index is 0.383. The molecule has 0 radical (unpaired) electrons. The van der Waals surface area contributed by atoms with Gasteiger partial charge in [0.2, 0.25) is 0 Å². The first-order valence-corrected chi connectivity index (χ1v) is 4.91. The highest BCUT2D eigenvalue weighted by Gasteiger charge is 2.24. The monoisotopic (exact) mass is 276 g/mol.